The van der Waals surface area contributed by atoms with E-state index in [1.54, 1.807) is 19.4 Å². The molecule has 0 aliphatic heterocycles. The van der Waals surface area contributed by atoms with E-state index in [9.17, 15) is 4.79 Å². The summed E-state index contributed by atoms with van der Waals surface area (Å²) in [6.45, 7) is 1.45. The Kier molecular flexibility index (Phi) is 3.23. The maximum absolute atomic E-state index is 11.0. The van der Waals surface area contributed by atoms with Gasteiger partial charge in [-0.05, 0) is 22.0 Å². The zero-order valence-corrected chi connectivity index (χ0v) is 11.0. The minimum atomic E-state index is -0.143. The Labute approximate surface area is 107 Å². The number of nitrogens with one attached hydrogen (secondary N) is 2. The van der Waals surface area contributed by atoms with Crippen LogP contribution in [-0.2, 0) is 4.79 Å². The fourth-order valence-corrected chi connectivity index (χ4v) is 1.98. The molecule has 0 bridgehead atoms. The third kappa shape index (κ3) is 2.36. The number of halogens is 1. The number of anilines is 2. The first-order chi connectivity index (χ1) is 8.11. The van der Waals surface area contributed by atoms with Gasteiger partial charge in [0.15, 0.2) is 0 Å². The predicted octanol–water partition coefficient (Wildman–Crippen LogP) is 2.39. The molecule has 2 aromatic rings. The third-order valence-corrected chi connectivity index (χ3v) is 2.90. The van der Waals surface area contributed by atoms with E-state index in [0.29, 0.717) is 5.82 Å². The van der Waals surface area contributed by atoms with Gasteiger partial charge in [0.2, 0.25) is 5.91 Å². The smallest absolute Gasteiger partial charge is 0.222 e. The molecule has 2 N–H and O–H groups in total. The number of hydrogen-bond donors (Lipinski definition) is 2. The average molecular weight is 295 g/mol. The first-order valence-corrected chi connectivity index (χ1v) is 5.80. The van der Waals surface area contributed by atoms with Crippen LogP contribution in [0.25, 0.3) is 10.8 Å². The van der Waals surface area contributed by atoms with Crippen molar-refractivity contribution in [1.29, 1.82) is 0 Å². The number of carbonyl (C=O) groups excluding carboxylic acids is 1. The van der Waals surface area contributed by atoms with Gasteiger partial charge in [-0.15, -0.1) is 0 Å². The summed E-state index contributed by atoms with van der Waals surface area (Å²) in [6, 6.07) is 1.81. The Morgan fingerprint density at radius 1 is 1.29 bits per heavy atom. The highest BCUT2D eigenvalue weighted by Gasteiger charge is 2.07. The standard InChI is InChI=1S/C11H11BrN4O/c1-6(17)16-10-3-7-8(4-14-10)11(13-2)15-5-9(7)12/h3-5H,1-2H3,(H,13,15)(H,14,16,17). The van der Waals surface area contributed by atoms with Crippen molar-refractivity contribution in [3.8, 4) is 0 Å². The molecule has 0 saturated heterocycles. The van der Waals surface area contributed by atoms with E-state index < -0.39 is 0 Å². The molecule has 17 heavy (non-hydrogen) atoms. The minimum absolute atomic E-state index is 0.143. The lowest BCUT2D eigenvalue weighted by Gasteiger charge is -2.08. The fourth-order valence-electron chi connectivity index (χ4n) is 1.55. The van der Waals surface area contributed by atoms with Gasteiger partial charge in [0.1, 0.15) is 11.6 Å². The van der Waals surface area contributed by atoms with Crippen molar-refractivity contribution in [1.82, 2.24) is 9.97 Å². The number of fused-ring (bicyclic) bond motifs is 1. The van der Waals surface area contributed by atoms with Crippen LogP contribution in [0.2, 0.25) is 0 Å². The van der Waals surface area contributed by atoms with Crippen molar-refractivity contribution in [2.24, 2.45) is 0 Å². The molecular formula is C11H11BrN4O. The first kappa shape index (κ1) is 11.8. The summed E-state index contributed by atoms with van der Waals surface area (Å²) >= 11 is 3.43. The molecule has 0 radical (unpaired) electrons. The zero-order chi connectivity index (χ0) is 12.4. The second-order valence-electron chi connectivity index (χ2n) is 3.50. The summed E-state index contributed by atoms with van der Waals surface area (Å²) in [4.78, 5) is 19.4. The molecule has 0 saturated carbocycles. The molecule has 2 aromatic heterocycles. The van der Waals surface area contributed by atoms with Gasteiger partial charge >= 0.3 is 0 Å². The van der Waals surface area contributed by atoms with Gasteiger partial charge in [-0.25, -0.2) is 9.97 Å². The molecule has 5 nitrogen and oxygen atoms in total. The fraction of sp³-hybridized carbons (Fsp3) is 0.182. The Morgan fingerprint density at radius 3 is 2.71 bits per heavy atom. The molecule has 0 aliphatic carbocycles. The van der Waals surface area contributed by atoms with Gasteiger partial charge in [-0.2, -0.15) is 0 Å². The number of nitrogens with zero attached hydrogens (tertiary/aromatic N) is 2. The number of rotatable bonds is 2. The lowest BCUT2D eigenvalue weighted by Crippen LogP contribution is -2.07. The summed E-state index contributed by atoms with van der Waals surface area (Å²) in [7, 11) is 1.80. The molecule has 0 aromatic carbocycles. The van der Waals surface area contributed by atoms with E-state index in [1.807, 2.05) is 6.07 Å². The Balaban J connectivity index is 2.60. The SMILES string of the molecule is CNc1ncc(Br)c2cc(NC(C)=O)ncc12. The second-order valence-corrected chi connectivity index (χ2v) is 4.36. The lowest BCUT2D eigenvalue weighted by atomic mass is 10.2. The van der Waals surface area contributed by atoms with E-state index >= 15 is 0 Å². The maximum atomic E-state index is 11.0. The van der Waals surface area contributed by atoms with Crippen LogP contribution in [0.3, 0.4) is 0 Å². The van der Waals surface area contributed by atoms with Gasteiger partial charge in [-0.1, -0.05) is 0 Å². The van der Waals surface area contributed by atoms with Gasteiger partial charge in [-0.3, -0.25) is 4.79 Å². The maximum Gasteiger partial charge on any atom is 0.222 e. The average Bonchev–Trinajstić information content (AvgIpc) is 2.29. The van der Waals surface area contributed by atoms with E-state index in [-0.39, 0.29) is 5.91 Å². The number of aromatic nitrogens is 2. The van der Waals surface area contributed by atoms with Crippen LogP contribution in [0.15, 0.2) is 22.9 Å². The predicted molar refractivity (Wildman–Crippen MR) is 71.1 cm³/mol. The van der Waals surface area contributed by atoms with Crippen LogP contribution in [0, 0.1) is 0 Å². The largest absolute Gasteiger partial charge is 0.373 e. The molecule has 0 atom stereocenters. The van der Waals surface area contributed by atoms with Gasteiger partial charge in [0, 0.05) is 41.6 Å². The molecular weight excluding hydrogens is 284 g/mol. The lowest BCUT2D eigenvalue weighted by molar-refractivity contribution is -0.114. The summed E-state index contributed by atoms with van der Waals surface area (Å²) in [5.74, 6) is 1.14. The number of amides is 1. The van der Waals surface area contributed by atoms with E-state index in [4.69, 9.17) is 0 Å². The molecule has 0 unspecified atom stereocenters. The quantitative estimate of drug-likeness (QED) is 0.892. The molecule has 88 valence electrons. The molecule has 2 heterocycles. The Bertz CT molecular complexity index is 585. The zero-order valence-electron chi connectivity index (χ0n) is 9.41. The van der Waals surface area contributed by atoms with E-state index in [1.165, 1.54) is 6.92 Å². The topological polar surface area (TPSA) is 66.9 Å². The van der Waals surface area contributed by atoms with E-state index in [0.717, 1.165) is 21.1 Å². The summed E-state index contributed by atoms with van der Waals surface area (Å²) in [5.41, 5.74) is 0. The molecule has 0 spiro atoms. The van der Waals surface area contributed by atoms with Crippen molar-refractivity contribution >= 4 is 44.2 Å². The first-order valence-electron chi connectivity index (χ1n) is 5.01. The number of carbonyl (C=O) groups is 1. The van der Waals surface area contributed by atoms with Crippen molar-refractivity contribution in [3.05, 3.63) is 22.9 Å². The van der Waals surface area contributed by atoms with Crippen molar-refractivity contribution in [2.45, 2.75) is 6.92 Å². The number of hydrogen-bond acceptors (Lipinski definition) is 4. The van der Waals surface area contributed by atoms with Crippen LogP contribution in [0.1, 0.15) is 6.92 Å². The second kappa shape index (κ2) is 4.67. The van der Waals surface area contributed by atoms with Crippen LogP contribution >= 0.6 is 15.9 Å². The van der Waals surface area contributed by atoms with E-state index in [2.05, 4.69) is 36.5 Å². The highest BCUT2D eigenvalue weighted by molar-refractivity contribution is 9.10. The normalized spacial score (nSPS) is 10.3. The Hall–Kier alpha value is -1.69. The van der Waals surface area contributed by atoms with Crippen LogP contribution < -0.4 is 10.6 Å². The molecule has 0 aliphatic rings. The molecule has 6 heteroatoms. The molecule has 0 fully saturated rings. The van der Waals surface area contributed by atoms with Gasteiger partial charge < -0.3 is 10.6 Å². The van der Waals surface area contributed by atoms with Crippen LogP contribution in [0.5, 0.6) is 0 Å². The van der Waals surface area contributed by atoms with Gasteiger partial charge in [0.05, 0.1) is 0 Å². The van der Waals surface area contributed by atoms with Crippen LogP contribution in [0.4, 0.5) is 11.6 Å². The monoisotopic (exact) mass is 294 g/mol. The Morgan fingerprint density at radius 2 is 2.06 bits per heavy atom. The third-order valence-electron chi connectivity index (χ3n) is 2.26. The van der Waals surface area contributed by atoms with Crippen molar-refractivity contribution in [3.63, 3.8) is 0 Å². The van der Waals surface area contributed by atoms with Crippen molar-refractivity contribution in [2.75, 3.05) is 17.7 Å². The summed E-state index contributed by atoms with van der Waals surface area (Å²) < 4.78 is 0.862. The molecule has 2 rings (SSSR count). The minimum Gasteiger partial charge on any atom is -0.373 e. The molecule has 1 amide bonds. The summed E-state index contributed by atoms with van der Waals surface area (Å²) in [5, 5.41) is 7.49. The highest BCUT2D eigenvalue weighted by Crippen LogP contribution is 2.28. The van der Waals surface area contributed by atoms with Crippen molar-refractivity contribution < 1.29 is 4.79 Å². The highest BCUT2D eigenvalue weighted by atomic mass is 79.9. The van der Waals surface area contributed by atoms with Crippen LogP contribution in [-0.4, -0.2) is 22.9 Å². The van der Waals surface area contributed by atoms with Gasteiger partial charge in [0.25, 0.3) is 0 Å². The number of pyridine rings is 2. The summed E-state index contributed by atoms with van der Waals surface area (Å²) in [6.07, 6.45) is 3.40.